The average molecular weight is 525 g/mol. The average Bonchev–Trinajstić information content (AvgIpc) is 3.37. The SMILES string of the molecule is COC(=O)c1cc2c(cc1/C=C\CCBr)nc(NCc1ccc(OC)cc1OC)c1cncn12. The Morgan fingerprint density at radius 3 is 2.74 bits per heavy atom. The second kappa shape index (κ2) is 10.6. The number of hydrogen-bond acceptors (Lipinski definition) is 7. The van der Waals surface area contributed by atoms with Crippen LogP contribution in [0.3, 0.4) is 0 Å². The molecule has 1 N–H and O–H groups in total. The second-order valence-corrected chi connectivity index (χ2v) is 8.23. The van der Waals surface area contributed by atoms with Crippen molar-refractivity contribution in [2.75, 3.05) is 32.0 Å². The fraction of sp³-hybridized carbons (Fsp3) is 0.240. The van der Waals surface area contributed by atoms with Gasteiger partial charge in [-0.15, -0.1) is 0 Å². The van der Waals surface area contributed by atoms with Crippen molar-refractivity contribution >= 4 is 50.3 Å². The minimum Gasteiger partial charge on any atom is -0.497 e. The van der Waals surface area contributed by atoms with Crippen LogP contribution in [-0.2, 0) is 11.3 Å². The maximum absolute atomic E-state index is 12.5. The van der Waals surface area contributed by atoms with Crippen molar-refractivity contribution < 1.29 is 19.0 Å². The van der Waals surface area contributed by atoms with Crippen LogP contribution in [0.25, 0.3) is 22.6 Å². The van der Waals surface area contributed by atoms with Gasteiger partial charge in [0.15, 0.2) is 5.82 Å². The summed E-state index contributed by atoms with van der Waals surface area (Å²) in [6, 6.07) is 9.38. The number of allylic oxidation sites excluding steroid dienone is 1. The van der Waals surface area contributed by atoms with E-state index in [4.69, 9.17) is 19.2 Å². The van der Waals surface area contributed by atoms with E-state index < -0.39 is 5.97 Å². The number of alkyl halides is 1. The van der Waals surface area contributed by atoms with Gasteiger partial charge in [-0.1, -0.05) is 28.1 Å². The van der Waals surface area contributed by atoms with E-state index in [0.29, 0.717) is 17.9 Å². The largest absolute Gasteiger partial charge is 0.497 e. The molecule has 8 nitrogen and oxygen atoms in total. The van der Waals surface area contributed by atoms with Crippen LogP contribution in [0.4, 0.5) is 5.82 Å². The quantitative estimate of drug-likeness (QED) is 0.241. The van der Waals surface area contributed by atoms with Crippen LogP contribution in [0.1, 0.15) is 27.9 Å². The molecule has 2 aromatic carbocycles. The summed E-state index contributed by atoms with van der Waals surface area (Å²) >= 11 is 3.42. The molecular weight excluding hydrogens is 500 g/mol. The number of methoxy groups -OCH3 is 3. The number of rotatable bonds is 9. The molecule has 0 saturated heterocycles. The molecule has 9 heteroatoms. The van der Waals surface area contributed by atoms with Crippen molar-refractivity contribution in [2.24, 2.45) is 0 Å². The van der Waals surface area contributed by atoms with Crippen LogP contribution in [-0.4, -0.2) is 47.0 Å². The maximum Gasteiger partial charge on any atom is 0.338 e. The molecular formula is C25H25BrN4O4. The number of ether oxygens (including phenoxy) is 3. The maximum atomic E-state index is 12.5. The van der Waals surface area contributed by atoms with Crippen molar-refractivity contribution in [3.05, 3.63) is 65.6 Å². The summed E-state index contributed by atoms with van der Waals surface area (Å²) in [6.45, 7) is 0.491. The molecule has 0 aliphatic carbocycles. The first-order chi connectivity index (χ1) is 16.6. The molecule has 0 atom stereocenters. The third-order valence-corrected chi connectivity index (χ3v) is 5.90. The number of anilines is 1. The Morgan fingerprint density at radius 2 is 2.00 bits per heavy atom. The lowest BCUT2D eigenvalue weighted by Gasteiger charge is -2.14. The van der Waals surface area contributed by atoms with Gasteiger partial charge in [-0.25, -0.2) is 14.8 Å². The van der Waals surface area contributed by atoms with Gasteiger partial charge in [0, 0.05) is 23.5 Å². The highest BCUT2D eigenvalue weighted by Crippen LogP contribution is 2.28. The van der Waals surface area contributed by atoms with Gasteiger partial charge in [0.1, 0.15) is 17.0 Å². The molecule has 0 amide bonds. The number of nitrogens with one attached hydrogen (secondary N) is 1. The topological polar surface area (TPSA) is 87.0 Å². The van der Waals surface area contributed by atoms with E-state index in [1.165, 1.54) is 7.11 Å². The van der Waals surface area contributed by atoms with Crippen LogP contribution in [0.2, 0.25) is 0 Å². The van der Waals surface area contributed by atoms with Crippen molar-refractivity contribution in [3.8, 4) is 11.5 Å². The third-order valence-electron chi connectivity index (χ3n) is 5.44. The number of nitrogens with zero attached hydrogens (tertiary/aromatic N) is 3. The number of aromatic nitrogens is 3. The fourth-order valence-corrected chi connectivity index (χ4v) is 3.98. The number of imidazole rings is 1. The van der Waals surface area contributed by atoms with Crippen LogP contribution < -0.4 is 14.8 Å². The van der Waals surface area contributed by atoms with Crippen molar-refractivity contribution in [1.82, 2.24) is 14.4 Å². The Labute approximate surface area is 205 Å². The van der Waals surface area contributed by atoms with E-state index in [2.05, 4.69) is 26.2 Å². The molecule has 4 rings (SSSR count). The minimum atomic E-state index is -0.401. The molecule has 176 valence electrons. The number of halogens is 1. The lowest BCUT2D eigenvalue weighted by Crippen LogP contribution is -2.08. The van der Waals surface area contributed by atoms with Gasteiger partial charge in [-0.3, -0.25) is 4.40 Å². The van der Waals surface area contributed by atoms with Crippen molar-refractivity contribution in [1.29, 1.82) is 0 Å². The summed E-state index contributed by atoms with van der Waals surface area (Å²) in [5, 5.41) is 4.24. The highest BCUT2D eigenvalue weighted by atomic mass is 79.9. The van der Waals surface area contributed by atoms with Gasteiger partial charge >= 0.3 is 5.97 Å². The monoisotopic (exact) mass is 524 g/mol. The summed E-state index contributed by atoms with van der Waals surface area (Å²) in [7, 11) is 4.63. The molecule has 0 unspecified atom stereocenters. The number of fused-ring (bicyclic) bond motifs is 3. The number of carbonyl (C=O) groups is 1. The van der Waals surface area contributed by atoms with E-state index in [-0.39, 0.29) is 0 Å². The van der Waals surface area contributed by atoms with Gasteiger partial charge < -0.3 is 19.5 Å². The first-order valence-corrected chi connectivity index (χ1v) is 11.8. The highest BCUT2D eigenvalue weighted by molar-refractivity contribution is 9.09. The Hall–Kier alpha value is -3.59. The predicted octanol–water partition coefficient (Wildman–Crippen LogP) is 5.10. The van der Waals surface area contributed by atoms with E-state index in [9.17, 15) is 4.79 Å². The summed E-state index contributed by atoms with van der Waals surface area (Å²) in [4.78, 5) is 21.6. The number of benzene rings is 2. The number of carbonyl (C=O) groups excluding carboxylic acids is 1. The second-order valence-electron chi connectivity index (χ2n) is 7.44. The summed E-state index contributed by atoms with van der Waals surface area (Å²) in [5.41, 5.74) is 4.45. The zero-order chi connectivity index (χ0) is 24.1. The van der Waals surface area contributed by atoms with Gasteiger partial charge in [0.05, 0.1) is 50.5 Å². The lowest BCUT2D eigenvalue weighted by atomic mass is 10.0. The van der Waals surface area contributed by atoms with E-state index >= 15 is 0 Å². The Balaban J connectivity index is 1.77. The normalized spacial score (nSPS) is 11.3. The molecule has 4 aromatic rings. The number of esters is 1. The molecule has 2 heterocycles. The van der Waals surface area contributed by atoms with E-state index in [0.717, 1.165) is 50.9 Å². The van der Waals surface area contributed by atoms with Gasteiger partial charge in [-0.05, 0) is 36.2 Å². The third kappa shape index (κ3) is 4.70. The standard InChI is InChI=1S/C25H25BrN4O4/c1-32-18-8-7-17(23(11-18)33-2)13-28-24-22-14-27-15-30(22)21-12-19(25(31)34-3)16(6-4-5-9-26)10-20(21)29-24/h4,6-8,10-12,14-15H,5,9,13H2,1-3H3,(H,28,29)/b6-4-. The molecule has 0 saturated carbocycles. The zero-order valence-electron chi connectivity index (χ0n) is 19.2. The molecule has 34 heavy (non-hydrogen) atoms. The Morgan fingerprint density at radius 1 is 1.15 bits per heavy atom. The van der Waals surface area contributed by atoms with Crippen LogP contribution >= 0.6 is 15.9 Å². The summed E-state index contributed by atoms with van der Waals surface area (Å²) < 4.78 is 17.7. The van der Waals surface area contributed by atoms with E-state index in [1.54, 1.807) is 32.8 Å². The minimum absolute atomic E-state index is 0.401. The van der Waals surface area contributed by atoms with Crippen LogP contribution in [0, 0.1) is 0 Å². The summed E-state index contributed by atoms with van der Waals surface area (Å²) in [5.74, 6) is 1.72. The Bertz CT molecular complexity index is 1370. The van der Waals surface area contributed by atoms with Crippen LogP contribution in [0.5, 0.6) is 11.5 Å². The molecule has 2 aromatic heterocycles. The molecule has 0 spiro atoms. The molecule has 0 aliphatic rings. The predicted molar refractivity (Wildman–Crippen MR) is 136 cm³/mol. The first kappa shape index (κ1) is 23.6. The number of hydrogen-bond donors (Lipinski definition) is 1. The Kier molecular flexibility index (Phi) is 7.32. The van der Waals surface area contributed by atoms with Crippen LogP contribution in [0.15, 0.2) is 48.9 Å². The molecule has 0 fully saturated rings. The molecule has 0 radical (unpaired) electrons. The zero-order valence-corrected chi connectivity index (χ0v) is 20.8. The molecule has 0 aliphatic heterocycles. The van der Waals surface area contributed by atoms with Gasteiger partial charge in [0.25, 0.3) is 0 Å². The van der Waals surface area contributed by atoms with Crippen molar-refractivity contribution in [2.45, 2.75) is 13.0 Å². The van der Waals surface area contributed by atoms with Gasteiger partial charge in [0.2, 0.25) is 0 Å². The lowest BCUT2D eigenvalue weighted by molar-refractivity contribution is 0.0600. The first-order valence-electron chi connectivity index (χ1n) is 10.6. The molecule has 0 bridgehead atoms. The fourth-order valence-electron chi connectivity index (χ4n) is 3.72. The van der Waals surface area contributed by atoms with Gasteiger partial charge in [-0.2, -0.15) is 0 Å². The highest BCUT2D eigenvalue weighted by Gasteiger charge is 2.16. The smallest absolute Gasteiger partial charge is 0.338 e. The van der Waals surface area contributed by atoms with Crippen molar-refractivity contribution in [3.63, 3.8) is 0 Å². The summed E-state index contributed by atoms with van der Waals surface area (Å²) in [6.07, 6.45) is 8.21. The van der Waals surface area contributed by atoms with E-state index in [1.807, 2.05) is 40.8 Å².